The average Bonchev–Trinajstić information content (AvgIpc) is 2.62. The van der Waals surface area contributed by atoms with Gasteiger partial charge in [-0.1, -0.05) is 13.0 Å². The molecule has 0 radical (unpaired) electrons. The SMILES string of the molecule is CC[C@H](N)C(=O)Nc1ccc(C)cc1Oc1ccnc(C(=O)NC)c1. The molecule has 0 fully saturated rings. The Morgan fingerprint density at radius 1 is 1.28 bits per heavy atom. The van der Waals surface area contributed by atoms with E-state index < -0.39 is 6.04 Å². The fourth-order valence-electron chi connectivity index (χ4n) is 2.08. The highest BCUT2D eigenvalue weighted by atomic mass is 16.5. The minimum Gasteiger partial charge on any atom is -0.455 e. The molecule has 0 aliphatic rings. The van der Waals surface area contributed by atoms with E-state index >= 15 is 0 Å². The summed E-state index contributed by atoms with van der Waals surface area (Å²) in [6, 6.07) is 8.00. The Kier molecular flexibility index (Phi) is 6.08. The van der Waals surface area contributed by atoms with Crippen molar-refractivity contribution >= 4 is 17.5 Å². The summed E-state index contributed by atoms with van der Waals surface area (Å²) in [6.45, 7) is 3.76. The lowest BCUT2D eigenvalue weighted by molar-refractivity contribution is -0.117. The summed E-state index contributed by atoms with van der Waals surface area (Å²) in [6.07, 6.45) is 2.02. The van der Waals surface area contributed by atoms with E-state index in [0.29, 0.717) is 23.6 Å². The molecule has 0 saturated heterocycles. The van der Waals surface area contributed by atoms with Crippen LogP contribution >= 0.6 is 0 Å². The summed E-state index contributed by atoms with van der Waals surface area (Å²) < 4.78 is 5.86. The molecular weight excluding hydrogens is 320 g/mol. The first-order valence-electron chi connectivity index (χ1n) is 7.97. The monoisotopic (exact) mass is 342 g/mol. The normalized spacial score (nSPS) is 11.5. The van der Waals surface area contributed by atoms with Crippen LogP contribution in [-0.4, -0.2) is 29.9 Å². The Morgan fingerprint density at radius 2 is 2.04 bits per heavy atom. The molecule has 0 saturated carbocycles. The van der Waals surface area contributed by atoms with Gasteiger partial charge in [0, 0.05) is 19.3 Å². The third-order valence-corrected chi connectivity index (χ3v) is 3.59. The quantitative estimate of drug-likeness (QED) is 0.746. The lowest BCUT2D eigenvalue weighted by atomic mass is 10.2. The van der Waals surface area contributed by atoms with Crippen LogP contribution < -0.4 is 21.1 Å². The van der Waals surface area contributed by atoms with Gasteiger partial charge in [0.1, 0.15) is 11.4 Å². The van der Waals surface area contributed by atoms with E-state index in [4.69, 9.17) is 10.5 Å². The average molecular weight is 342 g/mol. The number of amides is 2. The number of pyridine rings is 1. The fourth-order valence-corrected chi connectivity index (χ4v) is 2.08. The number of hydrogen-bond acceptors (Lipinski definition) is 5. The van der Waals surface area contributed by atoms with Crippen LogP contribution in [0.2, 0.25) is 0 Å². The maximum atomic E-state index is 12.1. The van der Waals surface area contributed by atoms with Gasteiger partial charge in [-0.25, -0.2) is 0 Å². The Labute approximate surface area is 146 Å². The lowest BCUT2D eigenvalue weighted by Crippen LogP contribution is -2.34. The molecule has 0 aliphatic heterocycles. The standard InChI is InChI=1S/C18H22N4O3/c1-4-13(19)17(23)22-14-6-5-11(2)9-16(14)25-12-7-8-21-15(10-12)18(24)20-3/h5-10,13H,4,19H2,1-3H3,(H,20,24)(H,22,23)/t13-/m0/s1. The molecule has 0 bridgehead atoms. The number of hydrogen-bond donors (Lipinski definition) is 3. The molecule has 2 aromatic rings. The summed E-state index contributed by atoms with van der Waals surface area (Å²) in [5, 5.41) is 5.28. The molecule has 0 aliphatic carbocycles. The highest BCUT2D eigenvalue weighted by Gasteiger charge is 2.15. The molecule has 4 N–H and O–H groups in total. The minimum atomic E-state index is -0.588. The molecule has 1 heterocycles. The molecule has 7 nitrogen and oxygen atoms in total. The minimum absolute atomic E-state index is 0.242. The van der Waals surface area contributed by atoms with Gasteiger partial charge in [-0.15, -0.1) is 0 Å². The number of carbonyl (C=O) groups is 2. The Bertz CT molecular complexity index is 777. The number of anilines is 1. The Hall–Kier alpha value is -2.93. The van der Waals surface area contributed by atoms with E-state index in [1.54, 1.807) is 18.2 Å². The molecule has 1 atom stereocenters. The maximum Gasteiger partial charge on any atom is 0.269 e. The number of carbonyl (C=O) groups excluding carboxylic acids is 2. The maximum absolute atomic E-state index is 12.1. The first-order valence-corrected chi connectivity index (χ1v) is 7.97. The van der Waals surface area contributed by atoms with Crippen LogP contribution in [0.5, 0.6) is 11.5 Å². The van der Waals surface area contributed by atoms with E-state index in [1.165, 1.54) is 19.3 Å². The van der Waals surface area contributed by atoms with Crippen LogP contribution in [0.4, 0.5) is 5.69 Å². The second kappa shape index (κ2) is 8.25. The zero-order valence-corrected chi connectivity index (χ0v) is 14.5. The number of aryl methyl sites for hydroxylation is 1. The highest BCUT2D eigenvalue weighted by molar-refractivity contribution is 5.96. The largest absolute Gasteiger partial charge is 0.455 e. The third kappa shape index (κ3) is 4.77. The molecule has 2 rings (SSSR count). The third-order valence-electron chi connectivity index (χ3n) is 3.59. The van der Waals surface area contributed by atoms with Crippen LogP contribution in [0.1, 0.15) is 29.4 Å². The van der Waals surface area contributed by atoms with Crippen LogP contribution in [0, 0.1) is 6.92 Å². The van der Waals surface area contributed by atoms with Gasteiger partial charge in [0.15, 0.2) is 5.75 Å². The zero-order valence-electron chi connectivity index (χ0n) is 14.5. The van der Waals surface area contributed by atoms with Crippen molar-refractivity contribution < 1.29 is 14.3 Å². The first kappa shape index (κ1) is 18.4. The fraction of sp³-hybridized carbons (Fsp3) is 0.278. The van der Waals surface area contributed by atoms with Crippen molar-refractivity contribution in [2.75, 3.05) is 12.4 Å². The molecule has 1 aromatic carbocycles. The van der Waals surface area contributed by atoms with Crippen molar-refractivity contribution in [3.8, 4) is 11.5 Å². The van der Waals surface area contributed by atoms with Crippen molar-refractivity contribution in [3.05, 3.63) is 47.8 Å². The van der Waals surface area contributed by atoms with Gasteiger partial charge in [-0.2, -0.15) is 0 Å². The van der Waals surface area contributed by atoms with Crippen molar-refractivity contribution in [1.82, 2.24) is 10.3 Å². The summed E-state index contributed by atoms with van der Waals surface area (Å²) in [5.74, 6) is 0.314. The zero-order chi connectivity index (χ0) is 18.4. The van der Waals surface area contributed by atoms with E-state index in [2.05, 4.69) is 15.6 Å². The molecule has 0 unspecified atom stereocenters. The van der Waals surface area contributed by atoms with E-state index in [1.807, 2.05) is 19.9 Å². The number of nitrogens with two attached hydrogens (primary N) is 1. The number of ether oxygens (including phenoxy) is 1. The van der Waals surface area contributed by atoms with Gasteiger partial charge in [0.2, 0.25) is 5.91 Å². The van der Waals surface area contributed by atoms with Gasteiger partial charge in [-0.3, -0.25) is 14.6 Å². The number of rotatable bonds is 6. The summed E-state index contributed by atoms with van der Waals surface area (Å²) >= 11 is 0. The first-order chi connectivity index (χ1) is 11.9. The molecule has 1 aromatic heterocycles. The van der Waals surface area contributed by atoms with Gasteiger partial charge < -0.3 is 21.1 Å². The van der Waals surface area contributed by atoms with Crippen LogP contribution in [-0.2, 0) is 4.79 Å². The lowest BCUT2D eigenvalue weighted by Gasteiger charge is -2.15. The topological polar surface area (TPSA) is 106 Å². The highest BCUT2D eigenvalue weighted by Crippen LogP contribution is 2.31. The van der Waals surface area contributed by atoms with Crippen LogP contribution in [0.3, 0.4) is 0 Å². The number of nitrogens with zero attached hydrogens (tertiary/aromatic N) is 1. The van der Waals surface area contributed by atoms with E-state index in [0.717, 1.165) is 5.56 Å². The van der Waals surface area contributed by atoms with Crippen molar-refractivity contribution in [1.29, 1.82) is 0 Å². The predicted octanol–water partition coefficient (Wildman–Crippen LogP) is 2.22. The van der Waals surface area contributed by atoms with Crippen LogP contribution in [0.15, 0.2) is 36.5 Å². The molecule has 7 heteroatoms. The molecule has 132 valence electrons. The summed E-state index contributed by atoms with van der Waals surface area (Å²) in [7, 11) is 1.53. The van der Waals surface area contributed by atoms with Gasteiger partial charge >= 0.3 is 0 Å². The van der Waals surface area contributed by atoms with Gasteiger partial charge in [0.05, 0.1) is 11.7 Å². The van der Waals surface area contributed by atoms with E-state index in [9.17, 15) is 9.59 Å². The second-order valence-corrected chi connectivity index (χ2v) is 5.56. The number of benzene rings is 1. The second-order valence-electron chi connectivity index (χ2n) is 5.56. The van der Waals surface area contributed by atoms with E-state index in [-0.39, 0.29) is 17.5 Å². The number of nitrogens with one attached hydrogen (secondary N) is 2. The van der Waals surface area contributed by atoms with Crippen molar-refractivity contribution in [2.45, 2.75) is 26.3 Å². The Morgan fingerprint density at radius 3 is 2.72 bits per heavy atom. The molecular formula is C18H22N4O3. The van der Waals surface area contributed by atoms with Crippen LogP contribution in [0.25, 0.3) is 0 Å². The number of aromatic nitrogens is 1. The summed E-state index contributed by atoms with van der Waals surface area (Å²) in [4.78, 5) is 27.7. The molecule has 25 heavy (non-hydrogen) atoms. The van der Waals surface area contributed by atoms with Gasteiger partial charge in [0.25, 0.3) is 5.91 Å². The van der Waals surface area contributed by atoms with Crippen molar-refractivity contribution in [3.63, 3.8) is 0 Å². The Balaban J connectivity index is 2.28. The van der Waals surface area contributed by atoms with Crippen molar-refractivity contribution in [2.24, 2.45) is 5.73 Å². The smallest absolute Gasteiger partial charge is 0.269 e. The predicted molar refractivity (Wildman–Crippen MR) is 95.8 cm³/mol. The molecule has 0 spiro atoms. The molecule has 2 amide bonds. The summed E-state index contributed by atoms with van der Waals surface area (Å²) in [5.41, 5.74) is 7.48. The van der Waals surface area contributed by atoms with Gasteiger partial charge in [-0.05, 0) is 37.1 Å².